The van der Waals surface area contributed by atoms with Gasteiger partial charge in [-0.3, -0.25) is 4.98 Å². The van der Waals surface area contributed by atoms with Gasteiger partial charge in [-0.25, -0.2) is 19.8 Å². The minimum Gasteiger partial charge on any atom is -0.0622 e. The maximum atomic E-state index is 12.1. The fourth-order valence-corrected chi connectivity index (χ4v) is 15.0. The Hall–Kier alpha value is -2.86. The predicted molar refractivity (Wildman–Crippen MR) is 454 cm³/mol. The molecule has 6 aromatic carbocycles. The average Bonchev–Trinajstić information content (AvgIpc) is 1.62. The summed E-state index contributed by atoms with van der Waals surface area (Å²) in [6, 6.07) is 67.7. The van der Waals surface area contributed by atoms with Gasteiger partial charge < -0.3 is 58.7 Å². The fraction of sp³-hybridized carbons (Fsp3) is 0.346. The van der Waals surface area contributed by atoms with Gasteiger partial charge in [0, 0.05) is 152 Å². The summed E-state index contributed by atoms with van der Waals surface area (Å²) in [5.41, 5.74) is 1.96. The molecule has 3 aliphatic rings. The van der Waals surface area contributed by atoms with Crippen LogP contribution in [0.3, 0.4) is 0 Å². The van der Waals surface area contributed by atoms with E-state index in [1.807, 2.05) is 81.4 Å². The molecule has 109 heavy (non-hydrogen) atoms. The first-order valence-electron chi connectivity index (χ1n) is 32.6. The Morgan fingerprint density at radius 1 is 0.550 bits per heavy atom. The summed E-state index contributed by atoms with van der Waals surface area (Å²) in [6.45, 7) is 21.4. The van der Waals surface area contributed by atoms with Crippen LogP contribution in [-0.4, -0.2) is 236 Å². The van der Waals surface area contributed by atoms with E-state index in [-0.39, 0.29) is 202 Å². The van der Waals surface area contributed by atoms with Crippen molar-refractivity contribution in [2.45, 2.75) is 146 Å². The molecule has 2 atom stereocenters. The van der Waals surface area contributed by atoms with Crippen molar-refractivity contribution in [2.75, 3.05) is 39.4 Å². The Morgan fingerprint density at radius 2 is 0.844 bits per heavy atom. The number of aliphatic hydroxyl groups excluding tert-OH is 4. The molecule has 0 aliphatic carbocycles. The number of rotatable bonds is 13. The van der Waals surface area contributed by atoms with Crippen LogP contribution < -0.4 is 31.8 Å². The molecule has 2 radical (unpaired) electrons. The van der Waals surface area contributed by atoms with Crippen LogP contribution in [0.15, 0.2) is 224 Å². The summed E-state index contributed by atoms with van der Waals surface area (Å²) < 4.78 is 22.9. The molecule has 0 saturated carbocycles. The minimum atomic E-state index is -0.993. The molecule has 3 aliphatic heterocycles. The van der Waals surface area contributed by atoms with E-state index in [1.54, 1.807) is 15.9 Å². The van der Waals surface area contributed by atoms with Gasteiger partial charge in [-0.1, -0.05) is 259 Å². The summed E-state index contributed by atoms with van der Waals surface area (Å²) in [5.74, 6) is 0. The number of nitrogens with zero attached hydrogens (tertiary/aromatic N) is 4. The Morgan fingerprint density at radius 3 is 1.09 bits per heavy atom. The third-order valence-electron chi connectivity index (χ3n) is 15.5. The number of carbonyl (C=O) groups is 2. The molecule has 0 spiro atoms. The van der Waals surface area contributed by atoms with Crippen LogP contribution in [0.4, 0.5) is 9.59 Å². The molecule has 17 nitrogen and oxygen atoms in total. The normalized spacial score (nSPS) is 14.1. The molecule has 5 heterocycles. The second-order valence-electron chi connectivity index (χ2n) is 25.9. The third-order valence-corrected chi connectivity index (χ3v) is 21.4. The molecule has 28 heteroatoms. The Kier molecular flexibility index (Phi) is 55.2. The molecule has 2 amide bonds. The van der Waals surface area contributed by atoms with Crippen molar-refractivity contribution in [3.63, 3.8) is 0 Å². The SMILES string of the molecule is C.C.C.C.CC(C)(C)OC(=O)N1CC=C(B2OC(C)(C)C(C)(C)O2)CC1.CC(C)(C)OC(=O)N1CC=C(c2ncc([C@H](O)CO)cc2Cl)CC1.O=[C-]OO.OC[C@@H](O)c1cnc(Cl)c(Cl)c1.[Cl][Pd][Cl].[K].[K].c1ccc(P(c2ccccc2)c2ccccc2)cc1.c1ccc(P(c2ccccc2)c2ccccc2)cc1. The van der Waals surface area contributed by atoms with Crippen LogP contribution in [0.25, 0.3) is 5.57 Å². The number of pyridine rings is 2. The molecule has 8 aromatic rings. The monoisotopic (exact) mass is 1770 g/mol. The summed E-state index contributed by atoms with van der Waals surface area (Å²) in [5, 5.41) is 52.6. The van der Waals surface area contributed by atoms with Crippen LogP contribution in [0, 0.1) is 0 Å². The summed E-state index contributed by atoms with van der Waals surface area (Å²) >= 11 is 17.3. The number of aliphatic hydroxyl groups is 4. The van der Waals surface area contributed by atoms with E-state index in [9.17, 15) is 14.7 Å². The minimum absolute atomic E-state index is 0. The average molecular weight is 1780 g/mol. The molecule has 2 aromatic heterocycles. The standard InChI is InChI=1S/2C18H15P.C17H23ClN2O4.C16H28BNO4.C7H7Cl2NO2.CHO3.4CH4.2ClH.2K.Pd/c2*1-4-10-16(11-5-1)19(17-12-6-2-7-13-17)18-14-8-3-9-15-18;1-17(2,3)24-16(23)20-6-4-11(5-7-20)15-13(18)8-12(9-19-15)14(22)10-21;1-14(2,3)20-13(19)18-10-8-12(9-11-18)17-21-15(4,5)16(6,7)22-17;8-5-1-4(6(12)3-11)2-10-7(5)9;2-1-4-3;;;;;;;;;/h2*1-15H;4,8-9,14,21-22H,5-7,10H2,1-3H3;8H,9-11H2,1-7H3;1-2,6,11-12H,3H2;3H;4*1H4;2*1H;;;/q;;;;;-1;;;;;;;;;+2/p-2/t;;14-;;6-;;;;;;;;;;/m..1.1........../s1. The quantitative estimate of drug-likeness (QED) is 0.0137. The largest absolute Gasteiger partial charge is 0.0622 e. The maximum absolute atomic E-state index is 12.1. The second kappa shape index (κ2) is 55.7. The van der Waals surface area contributed by atoms with Crippen molar-refractivity contribution < 1.29 is 79.7 Å². The summed E-state index contributed by atoms with van der Waals surface area (Å²) in [6.07, 6.45) is 5.62. The maximum Gasteiger partial charge on any atom is 0 e. The molecule has 11 rings (SSSR count). The van der Waals surface area contributed by atoms with E-state index in [0.717, 1.165) is 23.9 Å². The Bertz CT molecular complexity index is 3590. The zero-order chi connectivity index (χ0) is 75.8. The van der Waals surface area contributed by atoms with Gasteiger partial charge in [0.05, 0.1) is 40.2 Å². The van der Waals surface area contributed by atoms with Gasteiger partial charge in [-0.05, 0) is 159 Å². The number of amides is 2. The number of halogens is 5. The number of ether oxygens (including phenoxy) is 2. The van der Waals surface area contributed by atoms with E-state index in [1.165, 1.54) is 50.3 Å². The molecular formula is C81H105BCl5K2N4O13P2Pd-. The molecule has 0 bridgehead atoms. The fourth-order valence-electron chi connectivity index (χ4n) is 9.82. The Labute approximate surface area is 767 Å². The van der Waals surface area contributed by atoms with Crippen LogP contribution in [-0.2, 0) is 44.4 Å². The first-order valence-corrected chi connectivity index (χ1v) is 40.5. The van der Waals surface area contributed by atoms with Crippen LogP contribution >= 0.6 is 69.7 Å². The number of benzene rings is 6. The third kappa shape index (κ3) is 37.3. The van der Waals surface area contributed by atoms with Gasteiger partial charge in [0.2, 0.25) is 0 Å². The van der Waals surface area contributed by atoms with Crippen LogP contribution in [0.1, 0.15) is 141 Å². The Balaban J connectivity index is 0. The number of carbonyl (C=O) groups excluding carboxylic acids is 3. The van der Waals surface area contributed by atoms with E-state index in [4.69, 9.17) is 98.0 Å². The molecule has 5 N–H and O–H groups in total. The van der Waals surface area contributed by atoms with Gasteiger partial charge in [-0.2, -0.15) is 0 Å². The van der Waals surface area contributed by atoms with Crippen molar-refractivity contribution in [1.29, 1.82) is 0 Å². The van der Waals surface area contributed by atoms with Gasteiger partial charge in [0.15, 0.2) is 0 Å². The van der Waals surface area contributed by atoms with Crippen molar-refractivity contribution in [2.24, 2.45) is 0 Å². The van der Waals surface area contributed by atoms with E-state index in [2.05, 4.69) is 197 Å². The summed E-state index contributed by atoms with van der Waals surface area (Å²) in [7, 11) is 8.42. The predicted octanol–water partition coefficient (Wildman–Crippen LogP) is 17.0. The molecule has 1 fully saturated rings. The van der Waals surface area contributed by atoms with E-state index < -0.39 is 39.3 Å². The summed E-state index contributed by atoms with van der Waals surface area (Å²) in [4.78, 5) is 46.8. The van der Waals surface area contributed by atoms with Gasteiger partial charge in [0.25, 0.3) is 0 Å². The van der Waals surface area contributed by atoms with Gasteiger partial charge >= 0.3 is 54.3 Å². The number of hydrogen-bond acceptors (Lipinski definition) is 15. The van der Waals surface area contributed by atoms with Crippen molar-refractivity contribution >= 4 is 236 Å². The van der Waals surface area contributed by atoms with Crippen LogP contribution in [0.2, 0.25) is 15.2 Å². The second-order valence-corrected chi connectivity index (χ2v) is 33.9. The van der Waals surface area contributed by atoms with Crippen molar-refractivity contribution in [3.05, 3.63) is 256 Å². The molecule has 588 valence electrons. The molecule has 1 saturated heterocycles. The van der Waals surface area contributed by atoms with Crippen molar-refractivity contribution in [3.8, 4) is 0 Å². The van der Waals surface area contributed by atoms with Crippen molar-refractivity contribution in [1.82, 2.24) is 19.8 Å². The van der Waals surface area contributed by atoms with E-state index in [0.29, 0.717) is 54.4 Å². The first-order chi connectivity index (χ1) is 49.0. The topological polar surface area (TPSA) is 231 Å². The zero-order valence-electron chi connectivity index (χ0n) is 61.1. The van der Waals surface area contributed by atoms with Crippen LogP contribution in [0.5, 0.6) is 0 Å². The molecular weight excluding hydrogens is 1670 g/mol. The van der Waals surface area contributed by atoms with E-state index >= 15 is 0 Å². The van der Waals surface area contributed by atoms with Gasteiger partial charge in [-0.15, -0.1) is 0 Å². The number of aromatic nitrogens is 2. The first kappa shape index (κ1) is 108. The van der Waals surface area contributed by atoms with Gasteiger partial charge in [0.1, 0.15) is 28.6 Å². The molecule has 0 unspecified atom stereocenters. The number of hydrogen-bond donors (Lipinski definition) is 5. The zero-order valence-corrected chi connectivity index (χ0v) is 74.4. The smallest absolute Gasteiger partial charge is 0 e.